The van der Waals surface area contributed by atoms with Crippen LogP contribution in [-0.2, 0) is 20.0 Å². The molecule has 0 saturated heterocycles. The molecule has 0 fully saturated rings. The number of anilines is 2. The first-order valence-electron chi connectivity index (χ1n) is 6.87. The lowest BCUT2D eigenvalue weighted by molar-refractivity contribution is 0.600. The minimum absolute atomic E-state index is 0.185. The summed E-state index contributed by atoms with van der Waals surface area (Å²) in [5, 5.41) is 3.01. The SMILES string of the molecule is CCCn1c(N)c(NCCc2ncc[nH]2)c(=O)n(C)c1=O. The average Bonchev–Trinajstić information content (AvgIpc) is 2.98. The van der Waals surface area contributed by atoms with E-state index in [2.05, 4.69) is 15.3 Å². The first kappa shape index (κ1) is 14.9. The van der Waals surface area contributed by atoms with Crippen LogP contribution in [0, 0.1) is 0 Å². The molecule has 0 radical (unpaired) electrons. The van der Waals surface area contributed by atoms with Crippen molar-refractivity contribution in [2.75, 3.05) is 17.6 Å². The highest BCUT2D eigenvalue weighted by Gasteiger charge is 2.14. The number of hydrogen-bond acceptors (Lipinski definition) is 5. The summed E-state index contributed by atoms with van der Waals surface area (Å²) in [6.45, 7) is 2.92. The average molecular weight is 292 g/mol. The molecule has 21 heavy (non-hydrogen) atoms. The molecular formula is C13H20N6O2. The highest BCUT2D eigenvalue weighted by Crippen LogP contribution is 2.11. The molecule has 0 saturated carbocycles. The van der Waals surface area contributed by atoms with Crippen LogP contribution in [0.2, 0.25) is 0 Å². The molecule has 2 heterocycles. The van der Waals surface area contributed by atoms with Gasteiger partial charge in [-0.15, -0.1) is 0 Å². The van der Waals surface area contributed by atoms with E-state index in [1.165, 1.54) is 11.6 Å². The summed E-state index contributed by atoms with van der Waals surface area (Å²) >= 11 is 0. The van der Waals surface area contributed by atoms with Gasteiger partial charge < -0.3 is 16.0 Å². The summed E-state index contributed by atoms with van der Waals surface area (Å²) in [4.78, 5) is 31.2. The summed E-state index contributed by atoms with van der Waals surface area (Å²) in [5.74, 6) is 1.00. The van der Waals surface area contributed by atoms with E-state index in [1.807, 2.05) is 6.92 Å². The number of nitrogen functional groups attached to an aromatic ring is 1. The number of nitrogens with one attached hydrogen (secondary N) is 2. The monoisotopic (exact) mass is 292 g/mol. The Bertz CT molecular complexity index is 713. The lowest BCUT2D eigenvalue weighted by atomic mass is 10.3. The molecule has 2 aromatic rings. The normalized spacial score (nSPS) is 10.8. The Kier molecular flexibility index (Phi) is 4.46. The summed E-state index contributed by atoms with van der Waals surface area (Å²) in [7, 11) is 1.45. The van der Waals surface area contributed by atoms with Crippen LogP contribution in [0.1, 0.15) is 19.2 Å². The fraction of sp³-hybridized carbons (Fsp3) is 0.462. The number of imidazole rings is 1. The van der Waals surface area contributed by atoms with E-state index in [-0.39, 0.29) is 11.5 Å². The van der Waals surface area contributed by atoms with Crippen LogP contribution < -0.4 is 22.3 Å². The molecule has 8 nitrogen and oxygen atoms in total. The fourth-order valence-electron chi connectivity index (χ4n) is 2.13. The predicted molar refractivity (Wildman–Crippen MR) is 81.4 cm³/mol. The smallest absolute Gasteiger partial charge is 0.332 e. The minimum Gasteiger partial charge on any atom is -0.383 e. The largest absolute Gasteiger partial charge is 0.383 e. The third-order valence-corrected chi connectivity index (χ3v) is 3.25. The van der Waals surface area contributed by atoms with Crippen molar-refractivity contribution >= 4 is 11.5 Å². The Morgan fingerprint density at radius 2 is 2.19 bits per heavy atom. The van der Waals surface area contributed by atoms with Gasteiger partial charge in [0.25, 0.3) is 5.56 Å². The summed E-state index contributed by atoms with van der Waals surface area (Å²) in [6.07, 6.45) is 4.80. The molecule has 0 aliphatic carbocycles. The van der Waals surface area contributed by atoms with E-state index < -0.39 is 11.2 Å². The van der Waals surface area contributed by atoms with Gasteiger partial charge >= 0.3 is 5.69 Å². The molecule has 2 aromatic heterocycles. The van der Waals surface area contributed by atoms with Gasteiger partial charge in [0.15, 0.2) is 0 Å². The van der Waals surface area contributed by atoms with Gasteiger partial charge in [-0.2, -0.15) is 0 Å². The van der Waals surface area contributed by atoms with Crippen LogP contribution >= 0.6 is 0 Å². The van der Waals surface area contributed by atoms with Gasteiger partial charge in [-0.25, -0.2) is 9.78 Å². The number of H-pyrrole nitrogens is 1. The summed E-state index contributed by atoms with van der Waals surface area (Å²) in [5.41, 5.74) is 5.42. The number of nitrogens with two attached hydrogens (primary N) is 1. The zero-order valence-electron chi connectivity index (χ0n) is 12.2. The maximum absolute atomic E-state index is 12.1. The van der Waals surface area contributed by atoms with Crippen LogP contribution in [-0.4, -0.2) is 25.6 Å². The van der Waals surface area contributed by atoms with Crippen molar-refractivity contribution in [2.45, 2.75) is 26.3 Å². The van der Waals surface area contributed by atoms with Crippen molar-refractivity contribution in [3.63, 3.8) is 0 Å². The number of aromatic amines is 1. The zero-order valence-corrected chi connectivity index (χ0v) is 12.2. The third kappa shape index (κ3) is 2.99. The number of nitrogens with zero attached hydrogens (tertiary/aromatic N) is 3. The molecule has 4 N–H and O–H groups in total. The first-order chi connectivity index (χ1) is 10.1. The minimum atomic E-state index is -0.413. The number of aromatic nitrogens is 4. The van der Waals surface area contributed by atoms with Gasteiger partial charge in [0.2, 0.25) is 0 Å². The van der Waals surface area contributed by atoms with E-state index in [9.17, 15) is 9.59 Å². The molecule has 0 amide bonds. The molecule has 0 unspecified atom stereocenters. The maximum atomic E-state index is 12.1. The molecule has 0 aromatic carbocycles. The van der Waals surface area contributed by atoms with Crippen molar-refractivity contribution in [1.29, 1.82) is 0 Å². The quantitative estimate of drug-likeness (QED) is 0.689. The molecule has 0 aliphatic heterocycles. The molecule has 8 heteroatoms. The summed E-state index contributed by atoms with van der Waals surface area (Å²) in [6, 6.07) is 0. The Morgan fingerprint density at radius 3 is 2.81 bits per heavy atom. The van der Waals surface area contributed by atoms with Gasteiger partial charge in [-0.1, -0.05) is 6.92 Å². The zero-order chi connectivity index (χ0) is 15.4. The van der Waals surface area contributed by atoms with Crippen molar-refractivity contribution in [1.82, 2.24) is 19.1 Å². The molecule has 114 valence electrons. The maximum Gasteiger partial charge on any atom is 0.332 e. The van der Waals surface area contributed by atoms with E-state index in [0.717, 1.165) is 16.8 Å². The van der Waals surface area contributed by atoms with Gasteiger partial charge in [-0.05, 0) is 6.42 Å². The third-order valence-electron chi connectivity index (χ3n) is 3.25. The molecule has 2 rings (SSSR count). The highest BCUT2D eigenvalue weighted by molar-refractivity contribution is 5.60. The van der Waals surface area contributed by atoms with Gasteiger partial charge in [0.05, 0.1) is 0 Å². The number of rotatable bonds is 6. The van der Waals surface area contributed by atoms with Crippen molar-refractivity contribution in [3.05, 3.63) is 39.1 Å². The van der Waals surface area contributed by atoms with Gasteiger partial charge in [-0.3, -0.25) is 13.9 Å². The van der Waals surface area contributed by atoms with Crippen LogP contribution in [0.3, 0.4) is 0 Å². The highest BCUT2D eigenvalue weighted by atomic mass is 16.2. The van der Waals surface area contributed by atoms with Crippen LogP contribution in [0.4, 0.5) is 11.5 Å². The Morgan fingerprint density at radius 1 is 1.43 bits per heavy atom. The topological polar surface area (TPSA) is 111 Å². The lowest BCUT2D eigenvalue weighted by Crippen LogP contribution is -2.41. The van der Waals surface area contributed by atoms with E-state index >= 15 is 0 Å². The summed E-state index contributed by atoms with van der Waals surface area (Å²) < 4.78 is 2.48. The Labute approximate surface area is 121 Å². The molecule has 0 spiro atoms. The Balaban J connectivity index is 2.26. The van der Waals surface area contributed by atoms with Crippen LogP contribution in [0.25, 0.3) is 0 Å². The van der Waals surface area contributed by atoms with Crippen LogP contribution in [0.15, 0.2) is 22.0 Å². The van der Waals surface area contributed by atoms with Crippen molar-refractivity contribution in [2.24, 2.45) is 7.05 Å². The second-order valence-electron chi connectivity index (χ2n) is 4.77. The second kappa shape index (κ2) is 6.29. The first-order valence-corrected chi connectivity index (χ1v) is 6.87. The Hall–Kier alpha value is -2.51. The van der Waals surface area contributed by atoms with Gasteiger partial charge in [0, 0.05) is 39.0 Å². The van der Waals surface area contributed by atoms with Gasteiger partial charge in [0.1, 0.15) is 17.3 Å². The predicted octanol–water partition coefficient (Wildman–Crippen LogP) is -0.0831. The lowest BCUT2D eigenvalue weighted by Gasteiger charge is -2.15. The number of hydrogen-bond donors (Lipinski definition) is 3. The van der Waals surface area contributed by atoms with Crippen molar-refractivity contribution < 1.29 is 0 Å². The van der Waals surface area contributed by atoms with Crippen molar-refractivity contribution in [3.8, 4) is 0 Å². The van der Waals surface area contributed by atoms with E-state index in [1.54, 1.807) is 12.4 Å². The molecule has 0 aliphatic rings. The standard InChI is InChI=1S/C13H20N6O2/c1-3-8-19-11(14)10(12(20)18(2)13(19)21)17-5-4-9-15-6-7-16-9/h6-7,17H,3-5,8,14H2,1-2H3,(H,15,16). The molecular weight excluding hydrogens is 272 g/mol. The van der Waals surface area contributed by atoms with Crippen LogP contribution in [0.5, 0.6) is 0 Å². The fourth-order valence-corrected chi connectivity index (χ4v) is 2.13. The molecule has 0 atom stereocenters. The second-order valence-corrected chi connectivity index (χ2v) is 4.77. The van der Waals surface area contributed by atoms with E-state index in [0.29, 0.717) is 19.5 Å². The van der Waals surface area contributed by atoms with E-state index in [4.69, 9.17) is 5.73 Å². The molecule has 0 bridgehead atoms.